The van der Waals surface area contributed by atoms with Gasteiger partial charge in [0.1, 0.15) is 5.82 Å². The molecule has 2 N–H and O–H groups in total. The standard InChI is InChI=1S/C12H21N5O2S/c1-8(2)5-6-13-11(19)14-10(18)7-20-12-16-15-9(3)17(12)4/h8H,5-7H2,1-4H3,(H2,13,14,18,19). The van der Waals surface area contributed by atoms with E-state index in [1.807, 2.05) is 14.0 Å². The second-order valence-electron chi connectivity index (χ2n) is 4.86. The molecule has 0 radical (unpaired) electrons. The number of nitrogens with one attached hydrogen (secondary N) is 2. The van der Waals surface area contributed by atoms with E-state index in [2.05, 4.69) is 34.7 Å². The van der Waals surface area contributed by atoms with Crippen molar-refractivity contribution in [3.63, 3.8) is 0 Å². The first-order valence-corrected chi connectivity index (χ1v) is 7.45. The fraction of sp³-hybridized carbons (Fsp3) is 0.667. The first-order valence-electron chi connectivity index (χ1n) is 6.46. The van der Waals surface area contributed by atoms with Crippen molar-refractivity contribution in [2.75, 3.05) is 12.3 Å². The third kappa shape index (κ3) is 5.60. The summed E-state index contributed by atoms with van der Waals surface area (Å²) in [5, 5.41) is 13.4. The SMILES string of the molecule is Cc1nnc(SCC(=O)NC(=O)NCCC(C)C)n1C. The van der Waals surface area contributed by atoms with Crippen LogP contribution >= 0.6 is 11.8 Å². The maximum Gasteiger partial charge on any atom is 0.321 e. The predicted molar refractivity (Wildman–Crippen MR) is 77.5 cm³/mol. The molecule has 0 unspecified atom stereocenters. The highest BCUT2D eigenvalue weighted by Gasteiger charge is 2.11. The van der Waals surface area contributed by atoms with E-state index < -0.39 is 6.03 Å². The lowest BCUT2D eigenvalue weighted by Crippen LogP contribution is -2.40. The van der Waals surface area contributed by atoms with Gasteiger partial charge >= 0.3 is 6.03 Å². The van der Waals surface area contributed by atoms with Gasteiger partial charge in [-0.15, -0.1) is 10.2 Å². The fourth-order valence-corrected chi connectivity index (χ4v) is 2.08. The Kier molecular flexibility index (Phi) is 6.50. The normalized spacial score (nSPS) is 10.7. The summed E-state index contributed by atoms with van der Waals surface area (Å²) in [6.45, 7) is 6.54. The maximum atomic E-state index is 11.6. The Labute approximate surface area is 122 Å². The molecule has 0 saturated carbocycles. The minimum Gasteiger partial charge on any atom is -0.338 e. The molecule has 0 aliphatic heterocycles. The van der Waals surface area contributed by atoms with Gasteiger partial charge in [0.05, 0.1) is 5.75 Å². The molecule has 0 fully saturated rings. The van der Waals surface area contributed by atoms with Crippen LogP contribution < -0.4 is 10.6 Å². The summed E-state index contributed by atoms with van der Waals surface area (Å²) in [7, 11) is 1.83. The average molecular weight is 299 g/mol. The summed E-state index contributed by atoms with van der Waals surface area (Å²) in [6, 6.07) is -0.453. The molecule has 0 saturated heterocycles. The number of urea groups is 1. The van der Waals surface area contributed by atoms with Crippen LogP contribution in [0.2, 0.25) is 0 Å². The van der Waals surface area contributed by atoms with E-state index in [1.54, 1.807) is 4.57 Å². The predicted octanol–water partition coefficient (Wildman–Crippen LogP) is 1.09. The highest BCUT2D eigenvalue weighted by molar-refractivity contribution is 7.99. The highest BCUT2D eigenvalue weighted by atomic mass is 32.2. The summed E-state index contributed by atoms with van der Waals surface area (Å²) in [5.74, 6) is 1.07. The molecule has 8 heteroatoms. The molecule has 0 bridgehead atoms. The van der Waals surface area contributed by atoms with Crippen molar-refractivity contribution in [3.05, 3.63) is 5.82 Å². The Morgan fingerprint density at radius 1 is 1.35 bits per heavy atom. The van der Waals surface area contributed by atoms with Crippen LogP contribution in [-0.4, -0.2) is 39.0 Å². The highest BCUT2D eigenvalue weighted by Crippen LogP contribution is 2.14. The lowest BCUT2D eigenvalue weighted by atomic mass is 10.1. The molecule has 0 aliphatic carbocycles. The topological polar surface area (TPSA) is 88.9 Å². The molecule has 1 rings (SSSR count). The number of thioether (sulfide) groups is 1. The summed E-state index contributed by atoms with van der Waals surface area (Å²) in [6.07, 6.45) is 0.884. The van der Waals surface area contributed by atoms with E-state index in [-0.39, 0.29) is 11.7 Å². The maximum absolute atomic E-state index is 11.6. The Balaban J connectivity index is 2.26. The van der Waals surface area contributed by atoms with Crippen LogP contribution in [0.1, 0.15) is 26.1 Å². The van der Waals surface area contributed by atoms with Crippen LogP contribution in [0.5, 0.6) is 0 Å². The van der Waals surface area contributed by atoms with E-state index in [9.17, 15) is 9.59 Å². The third-order valence-corrected chi connectivity index (χ3v) is 3.67. The largest absolute Gasteiger partial charge is 0.338 e. The molecule has 1 aromatic heterocycles. The quantitative estimate of drug-likeness (QED) is 0.768. The van der Waals surface area contributed by atoms with Crippen molar-refractivity contribution in [2.24, 2.45) is 13.0 Å². The Morgan fingerprint density at radius 2 is 2.05 bits per heavy atom. The van der Waals surface area contributed by atoms with Gasteiger partial charge in [0.15, 0.2) is 5.16 Å². The van der Waals surface area contributed by atoms with Gasteiger partial charge in [-0.25, -0.2) is 4.79 Å². The van der Waals surface area contributed by atoms with E-state index >= 15 is 0 Å². The Hall–Kier alpha value is -1.57. The average Bonchev–Trinajstić information content (AvgIpc) is 2.67. The number of carbonyl (C=O) groups excluding carboxylic acids is 2. The van der Waals surface area contributed by atoms with Crippen LogP contribution in [0.15, 0.2) is 5.16 Å². The van der Waals surface area contributed by atoms with Crippen molar-refractivity contribution < 1.29 is 9.59 Å². The van der Waals surface area contributed by atoms with Crippen molar-refractivity contribution in [1.82, 2.24) is 25.4 Å². The first-order chi connectivity index (χ1) is 9.40. The van der Waals surface area contributed by atoms with E-state index in [1.165, 1.54) is 11.8 Å². The van der Waals surface area contributed by atoms with Crippen LogP contribution in [0.4, 0.5) is 4.79 Å². The van der Waals surface area contributed by atoms with Gasteiger partial charge in [-0.1, -0.05) is 25.6 Å². The molecular weight excluding hydrogens is 278 g/mol. The molecule has 0 aliphatic rings. The van der Waals surface area contributed by atoms with Gasteiger partial charge in [-0.05, 0) is 19.3 Å². The van der Waals surface area contributed by atoms with Crippen LogP contribution in [0.25, 0.3) is 0 Å². The number of carbonyl (C=O) groups is 2. The van der Waals surface area contributed by atoms with E-state index in [4.69, 9.17) is 0 Å². The molecule has 20 heavy (non-hydrogen) atoms. The zero-order valence-electron chi connectivity index (χ0n) is 12.3. The lowest BCUT2D eigenvalue weighted by Gasteiger charge is -2.08. The molecule has 1 aromatic rings. The van der Waals surface area contributed by atoms with E-state index in [0.29, 0.717) is 17.6 Å². The number of rotatable bonds is 6. The summed E-state index contributed by atoms with van der Waals surface area (Å²) >= 11 is 1.24. The lowest BCUT2D eigenvalue weighted by molar-refractivity contribution is -0.117. The number of amides is 3. The number of aryl methyl sites for hydroxylation is 1. The minimum absolute atomic E-state index is 0.129. The molecule has 112 valence electrons. The van der Waals surface area contributed by atoms with Crippen molar-refractivity contribution >= 4 is 23.7 Å². The molecule has 0 atom stereocenters. The van der Waals surface area contributed by atoms with Crippen molar-refractivity contribution in [2.45, 2.75) is 32.3 Å². The van der Waals surface area contributed by atoms with Crippen LogP contribution in [0.3, 0.4) is 0 Å². The first kappa shape index (κ1) is 16.5. The summed E-state index contributed by atoms with van der Waals surface area (Å²) < 4.78 is 1.79. The Morgan fingerprint density at radius 3 is 2.60 bits per heavy atom. The van der Waals surface area contributed by atoms with Crippen molar-refractivity contribution in [3.8, 4) is 0 Å². The fourth-order valence-electron chi connectivity index (χ4n) is 1.32. The van der Waals surface area contributed by atoms with Crippen molar-refractivity contribution in [1.29, 1.82) is 0 Å². The van der Waals surface area contributed by atoms with Gasteiger partial charge < -0.3 is 9.88 Å². The Bertz CT molecular complexity index is 472. The van der Waals surface area contributed by atoms with E-state index in [0.717, 1.165) is 12.2 Å². The van der Waals surface area contributed by atoms with Crippen LogP contribution in [0, 0.1) is 12.8 Å². The minimum atomic E-state index is -0.453. The molecule has 1 heterocycles. The van der Waals surface area contributed by atoms with Crippen LogP contribution in [-0.2, 0) is 11.8 Å². The van der Waals surface area contributed by atoms with Gasteiger partial charge in [0, 0.05) is 13.6 Å². The number of aromatic nitrogens is 3. The number of nitrogens with zero attached hydrogens (tertiary/aromatic N) is 3. The van der Waals surface area contributed by atoms with Gasteiger partial charge in [0.25, 0.3) is 0 Å². The molecule has 0 spiro atoms. The zero-order chi connectivity index (χ0) is 15.1. The van der Waals surface area contributed by atoms with Gasteiger partial charge in [-0.3, -0.25) is 10.1 Å². The monoisotopic (exact) mass is 299 g/mol. The number of hydrogen-bond donors (Lipinski definition) is 2. The summed E-state index contributed by atoms with van der Waals surface area (Å²) in [4.78, 5) is 23.0. The third-order valence-electron chi connectivity index (χ3n) is 2.65. The number of hydrogen-bond acceptors (Lipinski definition) is 5. The summed E-state index contributed by atoms with van der Waals surface area (Å²) in [5.41, 5.74) is 0. The molecule has 3 amide bonds. The molecule has 0 aromatic carbocycles. The zero-order valence-corrected chi connectivity index (χ0v) is 13.1. The smallest absolute Gasteiger partial charge is 0.321 e. The second kappa shape index (κ2) is 7.88. The number of imide groups is 1. The van der Waals surface area contributed by atoms with Gasteiger partial charge in [-0.2, -0.15) is 0 Å². The molecule has 7 nitrogen and oxygen atoms in total. The molecular formula is C12H21N5O2S. The second-order valence-corrected chi connectivity index (χ2v) is 5.81. The van der Waals surface area contributed by atoms with Gasteiger partial charge in [0.2, 0.25) is 5.91 Å².